The lowest BCUT2D eigenvalue weighted by Crippen LogP contribution is -2.46. The Kier molecular flexibility index (Phi) is 7.41. The third-order valence-electron chi connectivity index (χ3n) is 7.82. The van der Waals surface area contributed by atoms with Gasteiger partial charge in [-0.1, -0.05) is 31.9 Å². The van der Waals surface area contributed by atoms with Crippen molar-refractivity contribution >= 4 is 33.6 Å². The van der Waals surface area contributed by atoms with Crippen molar-refractivity contribution in [1.82, 2.24) is 9.62 Å². The Morgan fingerprint density at radius 2 is 1.89 bits per heavy atom. The summed E-state index contributed by atoms with van der Waals surface area (Å²) < 4.78 is 32.5. The summed E-state index contributed by atoms with van der Waals surface area (Å²) in [6.45, 7) is 3.30. The van der Waals surface area contributed by atoms with Crippen molar-refractivity contribution in [2.24, 2.45) is 17.3 Å². The van der Waals surface area contributed by atoms with Crippen LogP contribution >= 0.6 is 0 Å². The van der Waals surface area contributed by atoms with E-state index in [9.17, 15) is 27.6 Å². The molecule has 0 unspecified atom stereocenters. The predicted octanol–water partition coefficient (Wildman–Crippen LogP) is 2.25. The number of allylic oxidation sites excluding steroid dienone is 2. The van der Waals surface area contributed by atoms with E-state index in [0.717, 1.165) is 25.7 Å². The maximum absolute atomic E-state index is 13.6. The maximum atomic E-state index is 13.6. The molecule has 35 heavy (non-hydrogen) atoms. The quantitative estimate of drug-likeness (QED) is 0.456. The molecule has 0 bridgehead atoms. The molecule has 0 spiro atoms. The number of ketones is 1. The van der Waals surface area contributed by atoms with Gasteiger partial charge in [0.2, 0.25) is 21.8 Å². The first-order chi connectivity index (χ1) is 16.5. The Bertz CT molecular complexity index is 1020. The van der Waals surface area contributed by atoms with E-state index in [4.69, 9.17) is 4.74 Å². The normalized spacial score (nSPS) is 35.2. The Morgan fingerprint density at radius 3 is 2.57 bits per heavy atom. The second kappa shape index (κ2) is 10.0. The number of sulfonamides is 1. The molecule has 2 aliphatic carbocycles. The van der Waals surface area contributed by atoms with Crippen LogP contribution in [0.3, 0.4) is 0 Å². The van der Waals surface area contributed by atoms with Gasteiger partial charge in [-0.25, -0.2) is 8.42 Å². The molecule has 4 rings (SSSR count). The van der Waals surface area contributed by atoms with Crippen LogP contribution < -0.4 is 4.72 Å². The van der Waals surface area contributed by atoms with Crippen molar-refractivity contribution in [3.63, 3.8) is 0 Å². The summed E-state index contributed by atoms with van der Waals surface area (Å²) in [4.78, 5) is 53.2. The van der Waals surface area contributed by atoms with Crippen molar-refractivity contribution in [3.05, 3.63) is 12.2 Å². The van der Waals surface area contributed by atoms with Gasteiger partial charge in [0.15, 0.2) is 5.78 Å². The molecule has 2 saturated carbocycles. The summed E-state index contributed by atoms with van der Waals surface area (Å²) in [6, 6.07) is -0.797. The van der Waals surface area contributed by atoms with Crippen LogP contribution in [0.4, 0.5) is 0 Å². The molecule has 9 nitrogen and oxygen atoms in total. The molecule has 194 valence electrons. The number of carbonyl (C=O) groups excluding carboxylic acids is 4. The van der Waals surface area contributed by atoms with Crippen LogP contribution in [0.5, 0.6) is 0 Å². The maximum Gasteiger partial charge on any atom is 0.302 e. The Balaban J connectivity index is 1.59. The standard InChI is InChI=1S/C25H36N2O7S/c1-16-8-6-4-3-5-7-9-18-13-25(18,24(31)26-35(32,33)20-10-11-20)14-22(29)21-12-19(34-17(2)28)15-27(21)23(16)30/h7,9,16,18-21H,3-6,8,10-15H2,1-2H3,(H,26,31)/b9-7-/t16-,18+,19+,21-,25+/m0/s1. The molecule has 1 saturated heterocycles. The topological polar surface area (TPSA) is 127 Å². The molecule has 0 radical (unpaired) electrons. The van der Waals surface area contributed by atoms with Gasteiger partial charge in [-0.15, -0.1) is 0 Å². The first-order valence-electron chi connectivity index (χ1n) is 12.8. The van der Waals surface area contributed by atoms with E-state index in [2.05, 4.69) is 4.72 Å². The van der Waals surface area contributed by atoms with Crippen LogP contribution in [0.15, 0.2) is 12.2 Å². The van der Waals surface area contributed by atoms with Gasteiger partial charge in [0.1, 0.15) is 6.10 Å². The van der Waals surface area contributed by atoms with E-state index in [1.807, 2.05) is 19.1 Å². The third-order valence-corrected chi connectivity index (χ3v) is 9.64. The predicted molar refractivity (Wildman–Crippen MR) is 127 cm³/mol. The number of nitrogens with one attached hydrogen (secondary N) is 1. The average molecular weight is 509 g/mol. The number of rotatable bonds is 4. The van der Waals surface area contributed by atoms with Crippen LogP contribution in [0.2, 0.25) is 0 Å². The first kappa shape index (κ1) is 25.9. The number of hydrogen-bond acceptors (Lipinski definition) is 7. The SMILES string of the molecule is CC(=O)O[C@@H]1C[C@H]2C(=O)C[C@]3(C(=O)NS(=O)(=O)C4CC4)C[C@H]3/C=C\CCCCC[C@H](C)C(=O)N2C1. The summed E-state index contributed by atoms with van der Waals surface area (Å²) in [5.41, 5.74) is -1.13. The van der Waals surface area contributed by atoms with E-state index < -0.39 is 44.7 Å². The van der Waals surface area contributed by atoms with Crippen LogP contribution in [0.25, 0.3) is 0 Å². The lowest BCUT2D eigenvalue weighted by molar-refractivity contribution is -0.147. The summed E-state index contributed by atoms with van der Waals surface area (Å²) in [5.74, 6) is -2.02. The molecule has 2 heterocycles. The second-order valence-electron chi connectivity index (χ2n) is 10.7. The van der Waals surface area contributed by atoms with Crippen LogP contribution in [0.1, 0.15) is 78.1 Å². The zero-order chi connectivity index (χ0) is 25.4. The average Bonchev–Trinajstić information content (AvgIpc) is 3.69. The number of Topliss-reactive ketones (excluding diaryl/α,β-unsaturated/α-hetero) is 1. The highest BCUT2D eigenvalue weighted by Gasteiger charge is 2.61. The van der Waals surface area contributed by atoms with E-state index in [-0.39, 0.29) is 42.9 Å². The lowest BCUT2D eigenvalue weighted by atomic mass is 9.91. The molecule has 0 aromatic rings. The Hall–Kier alpha value is -2.23. The second-order valence-corrected chi connectivity index (χ2v) is 12.7. The molecule has 2 aliphatic heterocycles. The van der Waals surface area contributed by atoms with Crippen molar-refractivity contribution in [2.45, 2.75) is 95.5 Å². The zero-order valence-corrected chi connectivity index (χ0v) is 21.3. The monoisotopic (exact) mass is 508 g/mol. The molecule has 3 fully saturated rings. The molecule has 2 amide bonds. The molecule has 1 N–H and O–H groups in total. The first-order valence-corrected chi connectivity index (χ1v) is 14.3. The van der Waals surface area contributed by atoms with Crippen molar-refractivity contribution in [3.8, 4) is 0 Å². The van der Waals surface area contributed by atoms with E-state index in [1.165, 1.54) is 11.8 Å². The van der Waals surface area contributed by atoms with Gasteiger partial charge in [0, 0.05) is 25.7 Å². The molecule has 10 heteroatoms. The molecular formula is C25H36N2O7S. The fourth-order valence-corrected chi connectivity index (χ4v) is 6.86. The summed E-state index contributed by atoms with van der Waals surface area (Å²) >= 11 is 0. The third kappa shape index (κ3) is 5.78. The van der Waals surface area contributed by atoms with Crippen LogP contribution in [-0.2, 0) is 33.9 Å². The summed E-state index contributed by atoms with van der Waals surface area (Å²) in [5, 5.41) is -0.539. The minimum atomic E-state index is -3.74. The zero-order valence-electron chi connectivity index (χ0n) is 20.5. The lowest BCUT2D eigenvalue weighted by Gasteiger charge is -2.27. The van der Waals surface area contributed by atoms with Crippen molar-refractivity contribution < 1.29 is 32.3 Å². The highest BCUT2D eigenvalue weighted by molar-refractivity contribution is 7.90. The highest BCUT2D eigenvalue weighted by atomic mass is 32.2. The number of amides is 2. The van der Waals surface area contributed by atoms with E-state index >= 15 is 0 Å². The van der Waals surface area contributed by atoms with Gasteiger partial charge >= 0.3 is 5.97 Å². The molecule has 0 aromatic carbocycles. The minimum absolute atomic E-state index is 0.145. The van der Waals surface area contributed by atoms with Crippen molar-refractivity contribution in [1.29, 1.82) is 0 Å². The smallest absolute Gasteiger partial charge is 0.302 e. The molecule has 4 aliphatic rings. The van der Waals surface area contributed by atoms with Crippen LogP contribution in [0, 0.1) is 17.3 Å². The van der Waals surface area contributed by atoms with E-state index in [0.29, 0.717) is 25.7 Å². The molecule has 5 atom stereocenters. The highest BCUT2D eigenvalue weighted by Crippen LogP contribution is 2.57. The fraction of sp³-hybridized carbons (Fsp3) is 0.760. The summed E-state index contributed by atoms with van der Waals surface area (Å²) in [6.07, 6.45) is 9.27. The van der Waals surface area contributed by atoms with Gasteiger partial charge in [0.25, 0.3) is 0 Å². The number of ether oxygens (including phenoxy) is 1. The number of esters is 1. The summed E-state index contributed by atoms with van der Waals surface area (Å²) in [7, 11) is -3.74. The van der Waals surface area contributed by atoms with Crippen LogP contribution in [-0.4, -0.2) is 60.8 Å². The number of fused-ring (bicyclic) bond motifs is 2. The number of carbonyl (C=O) groups is 4. The minimum Gasteiger partial charge on any atom is -0.461 e. The molecule has 0 aromatic heterocycles. The number of hydrogen-bond donors (Lipinski definition) is 1. The van der Waals surface area contributed by atoms with Gasteiger partial charge < -0.3 is 9.64 Å². The Morgan fingerprint density at radius 1 is 1.14 bits per heavy atom. The Labute approximate surface area is 207 Å². The van der Waals surface area contributed by atoms with Crippen molar-refractivity contribution in [2.75, 3.05) is 6.54 Å². The largest absolute Gasteiger partial charge is 0.461 e. The fourth-order valence-electron chi connectivity index (χ4n) is 5.47. The number of nitrogens with zero attached hydrogens (tertiary/aromatic N) is 1. The molecular weight excluding hydrogens is 472 g/mol. The van der Waals surface area contributed by atoms with E-state index in [1.54, 1.807) is 0 Å². The van der Waals surface area contributed by atoms with Gasteiger partial charge in [0.05, 0.1) is 23.3 Å². The van der Waals surface area contributed by atoms with Gasteiger partial charge in [-0.2, -0.15) is 0 Å². The van der Waals surface area contributed by atoms with Gasteiger partial charge in [-0.05, 0) is 44.4 Å². The van der Waals surface area contributed by atoms with Gasteiger partial charge in [-0.3, -0.25) is 23.9 Å².